The molecule has 0 bridgehead atoms. The summed E-state index contributed by atoms with van der Waals surface area (Å²) < 4.78 is 10.9. The van der Waals surface area contributed by atoms with Gasteiger partial charge in [0.2, 0.25) is 5.91 Å². The van der Waals surface area contributed by atoms with Gasteiger partial charge in [0.05, 0.1) is 5.41 Å². The van der Waals surface area contributed by atoms with E-state index in [-0.39, 0.29) is 43.3 Å². The molecule has 2 aliphatic rings. The number of hydrogen-bond acceptors (Lipinski definition) is 5. The molecule has 1 atom stereocenters. The Hall–Kier alpha value is -3.15. The van der Waals surface area contributed by atoms with Crippen molar-refractivity contribution in [3.8, 4) is 0 Å². The maximum Gasteiger partial charge on any atom is 0.329 e. The molecule has 1 saturated heterocycles. The molecule has 6 nitrogen and oxygen atoms in total. The number of ether oxygens (including phenoxy) is 2. The van der Waals surface area contributed by atoms with Crippen molar-refractivity contribution < 1.29 is 23.9 Å². The number of hydrogen-bond donors (Lipinski definition) is 0. The summed E-state index contributed by atoms with van der Waals surface area (Å²) in [5, 5.41) is 0. The Morgan fingerprint density at radius 3 is 2.06 bits per heavy atom. The Kier molecular flexibility index (Phi) is 7.66. The van der Waals surface area contributed by atoms with Gasteiger partial charge in [0.15, 0.2) is 0 Å². The van der Waals surface area contributed by atoms with E-state index < -0.39 is 12.0 Å². The highest BCUT2D eigenvalue weighted by molar-refractivity contribution is 5.93. The summed E-state index contributed by atoms with van der Waals surface area (Å²) in [7, 11) is 0. The lowest BCUT2D eigenvalue weighted by atomic mass is 9.65. The number of β-lactam (4-membered cyclic amide) rings is 1. The molecule has 2 fully saturated rings. The number of carbonyl (C=O) groups excluding carboxylic acids is 3. The van der Waals surface area contributed by atoms with E-state index >= 15 is 0 Å². The minimum atomic E-state index is -0.773. The first-order valence-corrected chi connectivity index (χ1v) is 12.2. The molecule has 1 heterocycles. The van der Waals surface area contributed by atoms with Crippen molar-refractivity contribution in [3.63, 3.8) is 0 Å². The van der Waals surface area contributed by atoms with Crippen molar-refractivity contribution >= 4 is 17.8 Å². The zero-order chi connectivity index (χ0) is 24.0. The maximum absolute atomic E-state index is 13.2. The monoisotopic (exact) mass is 463 g/mol. The summed E-state index contributed by atoms with van der Waals surface area (Å²) in [6.07, 6.45) is 4.05. The summed E-state index contributed by atoms with van der Waals surface area (Å²) in [5.41, 5.74) is 1.45. The van der Waals surface area contributed by atoms with Gasteiger partial charge in [-0.25, -0.2) is 4.79 Å². The molecule has 1 spiro atoms. The zero-order valence-electron chi connectivity index (χ0n) is 19.8. The SMILES string of the molecule is CC1CCC2(CC1)CN(C(CCC(=O)OCc1ccccc1)C(=O)OCc1ccccc1)C2=O. The van der Waals surface area contributed by atoms with Crippen molar-refractivity contribution in [1.82, 2.24) is 4.90 Å². The molecule has 0 radical (unpaired) electrons. The molecule has 2 aromatic carbocycles. The summed E-state index contributed by atoms with van der Waals surface area (Å²) in [5.74, 6) is -0.191. The van der Waals surface area contributed by atoms with Crippen LogP contribution in [0.5, 0.6) is 0 Å². The zero-order valence-corrected chi connectivity index (χ0v) is 19.8. The maximum atomic E-state index is 13.2. The lowest BCUT2D eigenvalue weighted by Gasteiger charge is -2.53. The molecule has 1 aliphatic heterocycles. The fraction of sp³-hybridized carbons (Fsp3) is 0.464. The molecule has 180 valence electrons. The first kappa shape index (κ1) is 24.0. The predicted octanol–water partition coefficient (Wildman–Crippen LogP) is 4.66. The van der Waals surface area contributed by atoms with Crippen molar-refractivity contribution in [2.45, 2.75) is 64.7 Å². The van der Waals surface area contributed by atoms with Gasteiger partial charge in [-0.3, -0.25) is 9.59 Å². The van der Waals surface area contributed by atoms with E-state index in [4.69, 9.17) is 9.47 Å². The average Bonchev–Trinajstić information content (AvgIpc) is 2.87. The van der Waals surface area contributed by atoms with Gasteiger partial charge in [0.1, 0.15) is 19.3 Å². The molecule has 34 heavy (non-hydrogen) atoms. The third-order valence-electron chi connectivity index (χ3n) is 7.16. The quantitative estimate of drug-likeness (QED) is 0.399. The fourth-order valence-electron chi connectivity index (χ4n) is 4.91. The molecule has 0 aromatic heterocycles. The molecule has 4 rings (SSSR count). The van der Waals surface area contributed by atoms with E-state index in [0.29, 0.717) is 12.5 Å². The number of esters is 2. The lowest BCUT2D eigenvalue weighted by Crippen LogP contribution is -2.66. The van der Waals surface area contributed by atoms with Gasteiger partial charge >= 0.3 is 11.9 Å². The fourth-order valence-corrected chi connectivity index (χ4v) is 4.91. The smallest absolute Gasteiger partial charge is 0.329 e. The summed E-state index contributed by atoms with van der Waals surface area (Å²) in [6, 6.07) is 18.1. The van der Waals surface area contributed by atoms with E-state index in [9.17, 15) is 14.4 Å². The number of nitrogens with zero attached hydrogens (tertiary/aromatic N) is 1. The number of likely N-dealkylation sites (tertiary alicyclic amines) is 1. The van der Waals surface area contributed by atoms with Crippen LogP contribution in [0.4, 0.5) is 0 Å². The summed E-state index contributed by atoms with van der Waals surface area (Å²) in [4.78, 5) is 40.3. The number of carbonyl (C=O) groups is 3. The van der Waals surface area contributed by atoms with Gasteiger partial charge in [-0.05, 0) is 49.1 Å². The van der Waals surface area contributed by atoms with Gasteiger partial charge in [0, 0.05) is 13.0 Å². The van der Waals surface area contributed by atoms with Crippen molar-refractivity contribution in [3.05, 3.63) is 71.8 Å². The largest absolute Gasteiger partial charge is 0.461 e. The molecule has 2 aromatic rings. The van der Waals surface area contributed by atoms with E-state index in [1.54, 1.807) is 4.90 Å². The van der Waals surface area contributed by atoms with Crippen LogP contribution in [0.2, 0.25) is 0 Å². The Morgan fingerprint density at radius 2 is 1.50 bits per heavy atom. The molecule has 6 heteroatoms. The Labute approximate surface area is 201 Å². The number of rotatable bonds is 9. The van der Waals surface area contributed by atoms with Crippen molar-refractivity contribution in [2.24, 2.45) is 11.3 Å². The van der Waals surface area contributed by atoms with E-state index in [1.807, 2.05) is 60.7 Å². The Balaban J connectivity index is 1.36. The highest BCUT2D eigenvalue weighted by Gasteiger charge is 2.55. The normalized spacial score (nSPS) is 22.7. The van der Waals surface area contributed by atoms with E-state index in [0.717, 1.165) is 36.8 Å². The minimum Gasteiger partial charge on any atom is -0.461 e. The van der Waals surface area contributed by atoms with Crippen LogP contribution in [0, 0.1) is 11.3 Å². The van der Waals surface area contributed by atoms with Crippen LogP contribution in [0.3, 0.4) is 0 Å². The summed E-state index contributed by atoms with van der Waals surface area (Å²) in [6.45, 7) is 3.10. The topological polar surface area (TPSA) is 72.9 Å². The molecule has 1 aliphatic carbocycles. The van der Waals surface area contributed by atoms with Crippen LogP contribution in [-0.4, -0.2) is 35.3 Å². The second-order valence-corrected chi connectivity index (χ2v) is 9.69. The van der Waals surface area contributed by atoms with Crippen LogP contribution >= 0.6 is 0 Å². The average molecular weight is 464 g/mol. The first-order valence-electron chi connectivity index (χ1n) is 12.2. The third-order valence-corrected chi connectivity index (χ3v) is 7.16. The van der Waals surface area contributed by atoms with Gasteiger partial charge in [-0.1, -0.05) is 67.6 Å². The molecule has 1 saturated carbocycles. The first-order chi connectivity index (χ1) is 16.5. The molecule has 0 N–H and O–H groups in total. The number of amides is 1. The molecule has 1 amide bonds. The number of benzene rings is 2. The van der Waals surface area contributed by atoms with Crippen LogP contribution in [0.15, 0.2) is 60.7 Å². The lowest BCUT2D eigenvalue weighted by molar-refractivity contribution is -0.179. The second kappa shape index (κ2) is 10.9. The van der Waals surface area contributed by atoms with E-state index in [1.165, 1.54) is 0 Å². The standard InChI is InChI=1S/C28H33NO5/c1-21-14-16-28(17-15-21)20-29(27(28)32)24(26(31)34-19-23-10-6-3-7-11-23)12-13-25(30)33-18-22-8-4-2-5-9-22/h2-11,21,24H,12-20H2,1H3. The second-order valence-electron chi connectivity index (χ2n) is 9.69. The predicted molar refractivity (Wildman–Crippen MR) is 127 cm³/mol. The Morgan fingerprint density at radius 1 is 0.941 bits per heavy atom. The highest BCUT2D eigenvalue weighted by Crippen LogP contribution is 2.47. The molecular weight excluding hydrogens is 430 g/mol. The van der Waals surface area contributed by atoms with Gasteiger partial charge in [-0.15, -0.1) is 0 Å². The third kappa shape index (κ3) is 5.66. The van der Waals surface area contributed by atoms with Gasteiger partial charge < -0.3 is 14.4 Å². The molecule has 1 unspecified atom stereocenters. The van der Waals surface area contributed by atoms with Crippen LogP contribution in [0.25, 0.3) is 0 Å². The van der Waals surface area contributed by atoms with Crippen molar-refractivity contribution in [1.29, 1.82) is 0 Å². The van der Waals surface area contributed by atoms with E-state index in [2.05, 4.69) is 6.92 Å². The van der Waals surface area contributed by atoms with Crippen LogP contribution in [0.1, 0.15) is 56.6 Å². The minimum absolute atomic E-state index is 0.0266. The van der Waals surface area contributed by atoms with Crippen molar-refractivity contribution in [2.75, 3.05) is 6.54 Å². The van der Waals surface area contributed by atoms with Crippen LogP contribution < -0.4 is 0 Å². The highest BCUT2D eigenvalue weighted by atomic mass is 16.5. The Bertz CT molecular complexity index is 982. The van der Waals surface area contributed by atoms with Gasteiger partial charge in [0.25, 0.3) is 0 Å². The van der Waals surface area contributed by atoms with Gasteiger partial charge in [-0.2, -0.15) is 0 Å². The van der Waals surface area contributed by atoms with Crippen LogP contribution in [-0.2, 0) is 37.1 Å². The summed E-state index contributed by atoms with van der Waals surface area (Å²) >= 11 is 0. The molecular formula is C28H33NO5.